The molecule has 0 radical (unpaired) electrons. The summed E-state index contributed by atoms with van der Waals surface area (Å²) in [5.74, 6) is 1.64. The molecule has 1 N–H and O–H groups in total. The SMILES string of the molecule is COc1cccc(OC)c1-n1c(CC2COC2)nnc1NS(=O)(=O)C(C)C(C)c1ncc(Cl)cn1. The molecular formula is C22H27ClN6O5S. The van der Waals surface area contributed by atoms with Gasteiger partial charge in [-0.05, 0) is 19.1 Å². The summed E-state index contributed by atoms with van der Waals surface area (Å²) in [5.41, 5.74) is 0.497. The normalized spacial score (nSPS) is 15.8. The highest BCUT2D eigenvalue weighted by atomic mass is 35.5. The minimum atomic E-state index is -3.94. The van der Waals surface area contributed by atoms with E-state index in [2.05, 4.69) is 24.9 Å². The number of anilines is 1. The van der Waals surface area contributed by atoms with Gasteiger partial charge in [0.15, 0.2) is 0 Å². The molecule has 13 heteroatoms. The van der Waals surface area contributed by atoms with Crippen molar-refractivity contribution in [1.82, 2.24) is 24.7 Å². The maximum atomic E-state index is 13.4. The van der Waals surface area contributed by atoms with Crippen molar-refractivity contribution < 1.29 is 22.6 Å². The molecule has 2 unspecified atom stereocenters. The molecule has 0 saturated carbocycles. The molecule has 0 aliphatic carbocycles. The maximum absolute atomic E-state index is 13.4. The topological polar surface area (TPSA) is 130 Å². The predicted molar refractivity (Wildman–Crippen MR) is 130 cm³/mol. The van der Waals surface area contributed by atoms with E-state index in [1.807, 2.05) is 0 Å². The zero-order chi connectivity index (χ0) is 25.2. The summed E-state index contributed by atoms with van der Waals surface area (Å²) in [6.07, 6.45) is 3.42. The fraction of sp³-hybridized carbons (Fsp3) is 0.455. The van der Waals surface area contributed by atoms with Crippen LogP contribution in [0.25, 0.3) is 5.69 Å². The van der Waals surface area contributed by atoms with Crippen molar-refractivity contribution in [1.29, 1.82) is 0 Å². The number of sulfonamides is 1. The van der Waals surface area contributed by atoms with Crippen LogP contribution in [-0.2, 0) is 21.2 Å². The van der Waals surface area contributed by atoms with E-state index in [9.17, 15) is 8.42 Å². The second-order valence-corrected chi connectivity index (χ2v) is 10.8. The van der Waals surface area contributed by atoms with Crippen LogP contribution in [0.3, 0.4) is 0 Å². The van der Waals surface area contributed by atoms with Crippen LogP contribution in [-0.4, -0.2) is 65.8 Å². The third-order valence-electron chi connectivity index (χ3n) is 6.01. The Labute approximate surface area is 208 Å². The Morgan fingerprint density at radius 1 is 1.14 bits per heavy atom. The van der Waals surface area contributed by atoms with Gasteiger partial charge in [-0.15, -0.1) is 10.2 Å². The van der Waals surface area contributed by atoms with Crippen molar-refractivity contribution in [3.8, 4) is 17.2 Å². The van der Waals surface area contributed by atoms with Crippen LogP contribution in [0.15, 0.2) is 30.6 Å². The van der Waals surface area contributed by atoms with Crippen molar-refractivity contribution in [2.45, 2.75) is 31.4 Å². The first-order chi connectivity index (χ1) is 16.7. The molecule has 35 heavy (non-hydrogen) atoms. The predicted octanol–water partition coefficient (Wildman–Crippen LogP) is 2.85. The van der Waals surface area contributed by atoms with E-state index in [1.165, 1.54) is 26.6 Å². The van der Waals surface area contributed by atoms with Gasteiger partial charge < -0.3 is 14.2 Å². The second-order valence-electron chi connectivity index (χ2n) is 8.29. The Morgan fingerprint density at radius 3 is 2.31 bits per heavy atom. The van der Waals surface area contributed by atoms with E-state index in [0.29, 0.717) is 53.5 Å². The van der Waals surface area contributed by atoms with E-state index in [4.69, 9.17) is 25.8 Å². The highest BCUT2D eigenvalue weighted by Gasteiger charge is 2.33. The summed E-state index contributed by atoms with van der Waals surface area (Å²) in [6, 6.07) is 5.30. The molecule has 1 saturated heterocycles. The van der Waals surface area contributed by atoms with E-state index >= 15 is 0 Å². The van der Waals surface area contributed by atoms with Crippen LogP contribution in [0.2, 0.25) is 5.02 Å². The molecule has 0 bridgehead atoms. The third kappa shape index (κ3) is 5.19. The summed E-state index contributed by atoms with van der Waals surface area (Å²) in [7, 11) is -0.881. The van der Waals surface area contributed by atoms with Crippen LogP contribution in [0.1, 0.15) is 31.4 Å². The molecule has 3 heterocycles. The summed E-state index contributed by atoms with van der Waals surface area (Å²) in [6.45, 7) is 4.53. The first-order valence-electron chi connectivity index (χ1n) is 11.0. The van der Waals surface area contributed by atoms with E-state index in [1.54, 1.807) is 36.6 Å². The zero-order valence-electron chi connectivity index (χ0n) is 19.8. The highest BCUT2D eigenvalue weighted by Crippen LogP contribution is 2.36. The number of hydrogen-bond donors (Lipinski definition) is 1. The molecule has 1 aliphatic heterocycles. The van der Waals surface area contributed by atoms with E-state index < -0.39 is 21.2 Å². The van der Waals surface area contributed by atoms with E-state index in [0.717, 1.165) is 0 Å². The number of methoxy groups -OCH3 is 2. The lowest BCUT2D eigenvalue weighted by atomic mass is 10.0. The fourth-order valence-electron chi connectivity index (χ4n) is 3.72. The monoisotopic (exact) mass is 522 g/mol. The molecular weight excluding hydrogens is 496 g/mol. The number of nitrogens with zero attached hydrogens (tertiary/aromatic N) is 5. The van der Waals surface area contributed by atoms with Crippen LogP contribution in [0, 0.1) is 5.92 Å². The largest absolute Gasteiger partial charge is 0.494 e. The number of benzene rings is 1. The zero-order valence-corrected chi connectivity index (χ0v) is 21.4. The smallest absolute Gasteiger partial charge is 0.243 e. The Morgan fingerprint density at radius 2 is 1.77 bits per heavy atom. The van der Waals surface area contributed by atoms with Gasteiger partial charge in [-0.25, -0.2) is 18.4 Å². The third-order valence-corrected chi connectivity index (χ3v) is 8.06. The van der Waals surface area contributed by atoms with Gasteiger partial charge in [0.05, 0.1) is 37.7 Å². The average molecular weight is 523 g/mol. The van der Waals surface area contributed by atoms with Gasteiger partial charge in [0.2, 0.25) is 16.0 Å². The lowest BCUT2D eigenvalue weighted by Gasteiger charge is -2.26. The van der Waals surface area contributed by atoms with Gasteiger partial charge in [0.1, 0.15) is 28.8 Å². The molecule has 0 amide bonds. The van der Waals surface area contributed by atoms with E-state index in [-0.39, 0.29) is 11.9 Å². The minimum absolute atomic E-state index is 0.0270. The van der Waals surface area contributed by atoms with Gasteiger partial charge in [-0.3, -0.25) is 9.29 Å². The summed E-state index contributed by atoms with van der Waals surface area (Å²) in [5, 5.41) is 7.97. The molecule has 188 valence electrons. The van der Waals surface area contributed by atoms with Gasteiger partial charge >= 0.3 is 0 Å². The van der Waals surface area contributed by atoms with Crippen molar-refractivity contribution in [2.24, 2.45) is 5.92 Å². The Balaban J connectivity index is 1.73. The number of halogens is 1. The van der Waals surface area contributed by atoms with Crippen LogP contribution in [0.5, 0.6) is 11.5 Å². The number of aromatic nitrogens is 5. The number of hydrogen-bond acceptors (Lipinski definition) is 9. The van der Waals surface area contributed by atoms with Gasteiger partial charge in [-0.2, -0.15) is 0 Å². The Bertz CT molecular complexity index is 1260. The van der Waals surface area contributed by atoms with Crippen molar-refractivity contribution in [3.05, 3.63) is 47.3 Å². The van der Waals surface area contributed by atoms with Crippen LogP contribution >= 0.6 is 11.6 Å². The minimum Gasteiger partial charge on any atom is -0.494 e. The Hall–Kier alpha value is -2.96. The number of rotatable bonds is 10. The fourth-order valence-corrected chi connectivity index (χ4v) is 5.05. The molecule has 1 aromatic carbocycles. The summed E-state index contributed by atoms with van der Waals surface area (Å²) in [4.78, 5) is 8.34. The maximum Gasteiger partial charge on any atom is 0.243 e. The first-order valence-corrected chi connectivity index (χ1v) is 12.9. The lowest BCUT2D eigenvalue weighted by Crippen LogP contribution is -2.32. The summed E-state index contributed by atoms with van der Waals surface area (Å²) >= 11 is 5.87. The van der Waals surface area contributed by atoms with Crippen molar-refractivity contribution in [2.75, 3.05) is 32.2 Å². The molecule has 3 aromatic rings. The molecule has 11 nitrogen and oxygen atoms in total. The Kier molecular flexibility index (Phi) is 7.43. The van der Waals surface area contributed by atoms with Crippen LogP contribution < -0.4 is 14.2 Å². The molecule has 2 atom stereocenters. The standard InChI is InChI=1S/C22H27ClN6O5S/c1-13(21-24-9-16(23)10-25-21)14(2)35(30,31)28-22-27-26-19(8-15-11-34-12-15)29(22)20-17(32-3)6-5-7-18(20)33-4/h5-7,9-10,13-15H,8,11-12H2,1-4H3,(H,27,28). The number of nitrogens with one attached hydrogen (secondary N) is 1. The quantitative estimate of drug-likeness (QED) is 0.427. The molecule has 0 spiro atoms. The van der Waals surface area contributed by atoms with Crippen molar-refractivity contribution >= 4 is 27.6 Å². The average Bonchev–Trinajstić information content (AvgIpc) is 3.21. The van der Waals surface area contributed by atoms with Gasteiger partial charge in [0, 0.05) is 30.7 Å². The number of para-hydroxylation sites is 1. The molecule has 1 fully saturated rings. The lowest BCUT2D eigenvalue weighted by molar-refractivity contribution is -0.0322. The highest BCUT2D eigenvalue weighted by molar-refractivity contribution is 7.93. The number of ether oxygens (including phenoxy) is 3. The summed E-state index contributed by atoms with van der Waals surface area (Å²) < 4.78 is 47.5. The van der Waals surface area contributed by atoms with Gasteiger partial charge in [0.25, 0.3) is 0 Å². The molecule has 1 aliphatic rings. The first kappa shape index (κ1) is 25.1. The molecule has 4 rings (SSSR count). The van der Waals surface area contributed by atoms with Gasteiger partial charge in [-0.1, -0.05) is 24.6 Å². The molecule has 2 aromatic heterocycles. The van der Waals surface area contributed by atoms with Crippen molar-refractivity contribution in [3.63, 3.8) is 0 Å². The van der Waals surface area contributed by atoms with Crippen LogP contribution in [0.4, 0.5) is 5.95 Å². The second kappa shape index (κ2) is 10.3.